The SMILES string of the molecule is [B]c1sc(-c2cc(C)c([B])s2)cc1C. The summed E-state index contributed by atoms with van der Waals surface area (Å²) in [5, 5.41) is 0. The Balaban J connectivity index is 2.49. The van der Waals surface area contributed by atoms with Gasteiger partial charge in [-0.15, -0.1) is 0 Å². The van der Waals surface area contributed by atoms with Gasteiger partial charge in [0.2, 0.25) is 0 Å². The summed E-state index contributed by atoms with van der Waals surface area (Å²) in [4.78, 5) is 2.43. The first-order valence-electron chi connectivity index (χ1n) is 4.30. The highest BCUT2D eigenvalue weighted by Crippen LogP contribution is 2.29. The smallest absolute Gasteiger partial charge is 0.129 e. The third-order valence-corrected chi connectivity index (χ3v) is 4.48. The first-order chi connectivity index (χ1) is 6.58. The summed E-state index contributed by atoms with van der Waals surface area (Å²) in [6.45, 7) is 4.05. The van der Waals surface area contributed by atoms with Crippen LogP contribution in [0.5, 0.6) is 0 Å². The topological polar surface area (TPSA) is 0 Å². The quantitative estimate of drug-likeness (QED) is 0.633. The number of rotatable bonds is 1. The third kappa shape index (κ3) is 1.69. The average Bonchev–Trinajstić information content (AvgIpc) is 2.60. The van der Waals surface area contributed by atoms with E-state index in [0.29, 0.717) is 0 Å². The highest BCUT2D eigenvalue weighted by molar-refractivity contribution is 7.29. The molecule has 2 heterocycles. The monoisotopic (exact) mass is 214 g/mol. The average molecular weight is 214 g/mol. The van der Waals surface area contributed by atoms with E-state index in [1.165, 1.54) is 9.75 Å². The molecule has 0 saturated heterocycles. The van der Waals surface area contributed by atoms with Crippen LogP contribution < -0.4 is 9.55 Å². The highest BCUT2D eigenvalue weighted by atomic mass is 32.1. The van der Waals surface area contributed by atoms with Gasteiger partial charge in [-0.1, -0.05) is 0 Å². The fourth-order valence-corrected chi connectivity index (χ4v) is 3.19. The van der Waals surface area contributed by atoms with Crippen molar-refractivity contribution in [3.05, 3.63) is 23.3 Å². The molecule has 0 atom stereocenters. The van der Waals surface area contributed by atoms with Gasteiger partial charge in [0.05, 0.1) is 0 Å². The van der Waals surface area contributed by atoms with Gasteiger partial charge in [0, 0.05) is 9.75 Å². The molecule has 0 aliphatic carbocycles. The number of hydrogen-bond donors (Lipinski definition) is 0. The molecule has 4 heteroatoms. The predicted octanol–water partition coefficient (Wildman–Crippen LogP) is 1.68. The molecule has 0 amide bonds. The summed E-state index contributed by atoms with van der Waals surface area (Å²) in [6.07, 6.45) is 0. The summed E-state index contributed by atoms with van der Waals surface area (Å²) < 4.78 is 1.79. The summed E-state index contributed by atoms with van der Waals surface area (Å²) >= 11 is 3.24. The standard InChI is InChI=1S/C10H8B2S2/c1-5-3-7(13-9(5)11)8-4-6(2)10(12)14-8/h3-4H,1-2H3. The van der Waals surface area contributed by atoms with E-state index >= 15 is 0 Å². The van der Waals surface area contributed by atoms with E-state index in [0.717, 1.165) is 20.7 Å². The Hall–Kier alpha value is -0.470. The van der Waals surface area contributed by atoms with Crippen molar-refractivity contribution in [3.63, 3.8) is 0 Å². The molecule has 0 fully saturated rings. The van der Waals surface area contributed by atoms with Crippen LogP contribution in [0.15, 0.2) is 12.1 Å². The van der Waals surface area contributed by atoms with Crippen molar-refractivity contribution >= 4 is 47.9 Å². The predicted molar refractivity (Wildman–Crippen MR) is 67.9 cm³/mol. The molecule has 0 spiro atoms. The van der Waals surface area contributed by atoms with E-state index in [9.17, 15) is 0 Å². The van der Waals surface area contributed by atoms with Crippen LogP contribution in [0, 0.1) is 13.8 Å². The Morgan fingerprint density at radius 3 is 1.43 bits per heavy atom. The van der Waals surface area contributed by atoms with Crippen LogP contribution >= 0.6 is 22.7 Å². The molecule has 14 heavy (non-hydrogen) atoms. The Morgan fingerprint density at radius 2 is 1.21 bits per heavy atom. The lowest BCUT2D eigenvalue weighted by molar-refractivity contribution is 1.57. The summed E-state index contributed by atoms with van der Waals surface area (Å²) in [5.41, 5.74) is 2.30. The second-order valence-electron chi connectivity index (χ2n) is 3.32. The molecule has 0 aliphatic heterocycles. The van der Waals surface area contributed by atoms with Crippen molar-refractivity contribution in [2.45, 2.75) is 13.8 Å². The van der Waals surface area contributed by atoms with Crippen LogP contribution in [0.4, 0.5) is 0 Å². The van der Waals surface area contributed by atoms with Crippen LogP contribution in [-0.2, 0) is 0 Å². The van der Waals surface area contributed by atoms with Gasteiger partial charge < -0.3 is 0 Å². The first kappa shape index (κ1) is 10.1. The Morgan fingerprint density at radius 1 is 0.857 bits per heavy atom. The van der Waals surface area contributed by atoms with Gasteiger partial charge in [-0.3, -0.25) is 0 Å². The number of aryl methyl sites for hydroxylation is 2. The van der Waals surface area contributed by atoms with Crippen LogP contribution in [0.1, 0.15) is 11.1 Å². The van der Waals surface area contributed by atoms with Crippen molar-refractivity contribution in [3.8, 4) is 9.75 Å². The van der Waals surface area contributed by atoms with Gasteiger partial charge >= 0.3 is 0 Å². The fraction of sp³-hybridized carbons (Fsp3) is 0.200. The molecular weight excluding hydrogens is 206 g/mol. The van der Waals surface area contributed by atoms with Crippen molar-refractivity contribution < 1.29 is 0 Å². The molecule has 0 nitrogen and oxygen atoms in total. The van der Waals surface area contributed by atoms with E-state index in [-0.39, 0.29) is 0 Å². The fourth-order valence-electron chi connectivity index (χ4n) is 1.24. The Bertz CT molecular complexity index is 385. The summed E-state index contributed by atoms with van der Waals surface area (Å²) in [6, 6.07) is 4.23. The maximum Gasteiger partial charge on any atom is 0.129 e. The maximum absolute atomic E-state index is 5.81. The highest BCUT2D eigenvalue weighted by Gasteiger charge is 2.07. The number of thiophene rings is 2. The van der Waals surface area contributed by atoms with Crippen molar-refractivity contribution in [1.29, 1.82) is 0 Å². The minimum atomic E-state index is 0.893. The molecule has 0 saturated carbocycles. The second kappa shape index (κ2) is 3.59. The first-order valence-corrected chi connectivity index (χ1v) is 5.93. The van der Waals surface area contributed by atoms with Crippen LogP contribution in [-0.4, -0.2) is 15.7 Å². The lowest BCUT2D eigenvalue weighted by atomic mass is 10.0. The largest absolute Gasteiger partial charge is 0.151 e. The van der Waals surface area contributed by atoms with Crippen molar-refractivity contribution in [1.82, 2.24) is 0 Å². The van der Waals surface area contributed by atoms with Gasteiger partial charge in [0.1, 0.15) is 15.7 Å². The molecule has 66 valence electrons. The van der Waals surface area contributed by atoms with Gasteiger partial charge in [0.15, 0.2) is 0 Å². The van der Waals surface area contributed by atoms with Crippen LogP contribution in [0.3, 0.4) is 0 Å². The minimum absolute atomic E-state index is 0.893. The molecule has 0 N–H and O–H groups in total. The molecule has 0 aliphatic rings. The van der Waals surface area contributed by atoms with Gasteiger partial charge in [-0.05, 0) is 46.7 Å². The zero-order chi connectivity index (χ0) is 10.3. The van der Waals surface area contributed by atoms with Gasteiger partial charge in [0.25, 0.3) is 0 Å². The zero-order valence-corrected chi connectivity index (χ0v) is 9.76. The maximum atomic E-state index is 5.81. The molecule has 0 aromatic carbocycles. The Kier molecular flexibility index (Phi) is 2.58. The molecule has 2 aromatic heterocycles. The molecule has 0 unspecified atom stereocenters. The van der Waals surface area contributed by atoms with Crippen LogP contribution in [0.2, 0.25) is 0 Å². The normalized spacial score (nSPS) is 10.7. The lowest BCUT2D eigenvalue weighted by Crippen LogP contribution is -1.96. The number of hydrogen-bond acceptors (Lipinski definition) is 2. The van der Waals surface area contributed by atoms with Crippen molar-refractivity contribution in [2.75, 3.05) is 0 Å². The molecule has 2 aromatic rings. The lowest BCUT2D eigenvalue weighted by Gasteiger charge is -1.87. The van der Waals surface area contributed by atoms with Gasteiger partial charge in [-0.25, -0.2) is 0 Å². The van der Waals surface area contributed by atoms with E-state index in [4.69, 9.17) is 15.7 Å². The Labute approximate surface area is 94.8 Å². The minimum Gasteiger partial charge on any atom is -0.151 e. The van der Waals surface area contributed by atoms with E-state index in [2.05, 4.69) is 12.1 Å². The van der Waals surface area contributed by atoms with Crippen LogP contribution in [0.25, 0.3) is 9.75 Å². The third-order valence-electron chi connectivity index (χ3n) is 2.16. The van der Waals surface area contributed by atoms with E-state index in [1.54, 1.807) is 22.7 Å². The molecule has 4 radical (unpaired) electrons. The van der Waals surface area contributed by atoms with Crippen molar-refractivity contribution in [2.24, 2.45) is 0 Å². The zero-order valence-electron chi connectivity index (χ0n) is 8.13. The summed E-state index contributed by atoms with van der Waals surface area (Å²) in [5.74, 6) is 0. The molecule has 2 rings (SSSR count). The van der Waals surface area contributed by atoms with Gasteiger partial charge in [-0.2, -0.15) is 22.7 Å². The molecule has 0 bridgehead atoms. The summed E-state index contributed by atoms with van der Waals surface area (Å²) in [7, 11) is 11.6. The second-order valence-corrected chi connectivity index (χ2v) is 5.48. The van der Waals surface area contributed by atoms with E-state index < -0.39 is 0 Å². The van der Waals surface area contributed by atoms with E-state index in [1.807, 2.05) is 13.8 Å². The molecular formula is C10H8B2S2.